The predicted octanol–water partition coefficient (Wildman–Crippen LogP) is 2.81. The van der Waals surface area contributed by atoms with Crippen LogP contribution >= 0.6 is 0 Å². The largest absolute Gasteiger partial charge is 0.373 e. The zero-order valence-corrected chi connectivity index (χ0v) is 13.2. The molecule has 0 atom stereocenters. The summed E-state index contributed by atoms with van der Waals surface area (Å²) >= 11 is 0. The van der Waals surface area contributed by atoms with Gasteiger partial charge in [0.05, 0.1) is 0 Å². The molecule has 5 heteroatoms. The standard InChI is InChI=1S/C16H23N5/c1-5-14-19-15(17-4)12(3)16(20-14)21(6-2)11-13-7-9-18-10-8-13/h7-10H,5-6,11H2,1-4H3,(H,17,19,20). The van der Waals surface area contributed by atoms with Gasteiger partial charge in [0.25, 0.3) is 0 Å². The van der Waals surface area contributed by atoms with Gasteiger partial charge in [-0.3, -0.25) is 4.98 Å². The van der Waals surface area contributed by atoms with Crippen LogP contribution in [0.5, 0.6) is 0 Å². The lowest BCUT2D eigenvalue weighted by Gasteiger charge is -2.25. The molecule has 0 aliphatic heterocycles. The molecule has 0 unspecified atom stereocenters. The van der Waals surface area contributed by atoms with Crippen LogP contribution in [0.3, 0.4) is 0 Å². The molecule has 0 saturated carbocycles. The number of pyridine rings is 1. The molecule has 5 nitrogen and oxygen atoms in total. The van der Waals surface area contributed by atoms with E-state index in [1.807, 2.05) is 31.6 Å². The Bertz CT molecular complexity index is 583. The van der Waals surface area contributed by atoms with Gasteiger partial charge in [-0.15, -0.1) is 0 Å². The van der Waals surface area contributed by atoms with Crippen LogP contribution in [0.4, 0.5) is 11.6 Å². The average Bonchev–Trinajstić information content (AvgIpc) is 2.54. The second kappa shape index (κ2) is 7.02. The van der Waals surface area contributed by atoms with E-state index in [4.69, 9.17) is 4.98 Å². The van der Waals surface area contributed by atoms with Crippen molar-refractivity contribution in [3.8, 4) is 0 Å². The lowest BCUT2D eigenvalue weighted by molar-refractivity contribution is 0.790. The highest BCUT2D eigenvalue weighted by Crippen LogP contribution is 2.24. The predicted molar refractivity (Wildman–Crippen MR) is 86.7 cm³/mol. The Morgan fingerprint density at radius 2 is 1.86 bits per heavy atom. The van der Waals surface area contributed by atoms with Gasteiger partial charge in [-0.05, 0) is 31.5 Å². The van der Waals surface area contributed by atoms with Crippen LogP contribution < -0.4 is 10.2 Å². The SMILES string of the molecule is CCc1nc(NC)c(C)c(N(CC)Cc2ccncc2)n1. The number of nitrogens with zero attached hydrogens (tertiary/aromatic N) is 4. The van der Waals surface area contributed by atoms with Crippen LogP contribution in [0.2, 0.25) is 0 Å². The van der Waals surface area contributed by atoms with E-state index in [-0.39, 0.29) is 0 Å². The molecule has 2 rings (SSSR count). The van der Waals surface area contributed by atoms with Gasteiger partial charge in [0, 0.05) is 44.5 Å². The second-order valence-electron chi connectivity index (χ2n) is 4.91. The number of rotatable bonds is 6. The lowest BCUT2D eigenvalue weighted by atomic mass is 10.2. The summed E-state index contributed by atoms with van der Waals surface area (Å²) in [7, 11) is 1.90. The Morgan fingerprint density at radius 1 is 1.14 bits per heavy atom. The first kappa shape index (κ1) is 15.2. The molecule has 0 aliphatic rings. The van der Waals surface area contributed by atoms with Crippen LogP contribution in [0.1, 0.15) is 30.8 Å². The van der Waals surface area contributed by atoms with Crippen LogP contribution in [-0.2, 0) is 13.0 Å². The number of anilines is 2. The third-order valence-electron chi connectivity index (χ3n) is 3.52. The minimum absolute atomic E-state index is 0.823. The highest BCUT2D eigenvalue weighted by atomic mass is 15.2. The van der Waals surface area contributed by atoms with E-state index in [2.05, 4.69) is 41.0 Å². The second-order valence-corrected chi connectivity index (χ2v) is 4.91. The van der Waals surface area contributed by atoms with Gasteiger partial charge < -0.3 is 10.2 Å². The summed E-state index contributed by atoms with van der Waals surface area (Å²) in [4.78, 5) is 15.6. The molecule has 0 spiro atoms. The molecule has 1 N–H and O–H groups in total. The van der Waals surface area contributed by atoms with Crippen molar-refractivity contribution < 1.29 is 0 Å². The molecular formula is C16H23N5. The molecule has 0 amide bonds. The quantitative estimate of drug-likeness (QED) is 0.884. The summed E-state index contributed by atoms with van der Waals surface area (Å²) in [5.41, 5.74) is 2.32. The smallest absolute Gasteiger partial charge is 0.137 e. The molecule has 0 saturated heterocycles. The molecule has 0 radical (unpaired) electrons. The summed E-state index contributed by atoms with van der Waals surface area (Å²) < 4.78 is 0. The van der Waals surface area contributed by atoms with Gasteiger partial charge in [0.15, 0.2) is 0 Å². The zero-order valence-electron chi connectivity index (χ0n) is 13.2. The fourth-order valence-electron chi connectivity index (χ4n) is 2.30. The van der Waals surface area contributed by atoms with Crippen LogP contribution in [0.15, 0.2) is 24.5 Å². The van der Waals surface area contributed by atoms with Gasteiger partial charge in [0.1, 0.15) is 17.5 Å². The highest BCUT2D eigenvalue weighted by Gasteiger charge is 2.15. The number of nitrogens with one attached hydrogen (secondary N) is 1. The summed E-state index contributed by atoms with van der Waals surface area (Å²) in [6, 6.07) is 4.08. The highest BCUT2D eigenvalue weighted by molar-refractivity contribution is 5.58. The van der Waals surface area contributed by atoms with Crippen molar-refractivity contribution in [3.63, 3.8) is 0 Å². The Hall–Kier alpha value is -2.17. The summed E-state index contributed by atoms with van der Waals surface area (Å²) in [6.07, 6.45) is 4.48. The number of hydrogen-bond acceptors (Lipinski definition) is 5. The van der Waals surface area contributed by atoms with Gasteiger partial charge in [0.2, 0.25) is 0 Å². The van der Waals surface area contributed by atoms with Crippen LogP contribution in [0.25, 0.3) is 0 Å². The average molecular weight is 285 g/mol. The lowest BCUT2D eigenvalue weighted by Crippen LogP contribution is -2.25. The molecule has 0 fully saturated rings. The van der Waals surface area contributed by atoms with Crippen molar-refractivity contribution in [1.29, 1.82) is 0 Å². The normalized spacial score (nSPS) is 10.5. The minimum atomic E-state index is 0.823. The summed E-state index contributed by atoms with van der Waals surface area (Å²) in [5.74, 6) is 2.78. The first-order chi connectivity index (χ1) is 10.2. The van der Waals surface area contributed by atoms with Crippen molar-refractivity contribution >= 4 is 11.6 Å². The Morgan fingerprint density at radius 3 is 2.43 bits per heavy atom. The number of aryl methyl sites for hydroxylation is 1. The zero-order chi connectivity index (χ0) is 15.2. The van der Waals surface area contributed by atoms with E-state index in [0.717, 1.165) is 42.5 Å². The van der Waals surface area contributed by atoms with E-state index in [0.29, 0.717) is 0 Å². The topological polar surface area (TPSA) is 53.9 Å². The molecule has 2 aromatic rings. The molecule has 112 valence electrons. The van der Waals surface area contributed by atoms with Gasteiger partial charge in [-0.25, -0.2) is 9.97 Å². The summed E-state index contributed by atoms with van der Waals surface area (Å²) in [5, 5.41) is 3.17. The molecule has 0 aromatic carbocycles. The van der Waals surface area contributed by atoms with E-state index in [1.165, 1.54) is 5.56 Å². The van der Waals surface area contributed by atoms with Crippen molar-refractivity contribution in [3.05, 3.63) is 41.5 Å². The van der Waals surface area contributed by atoms with E-state index >= 15 is 0 Å². The van der Waals surface area contributed by atoms with Crippen LogP contribution in [0, 0.1) is 6.92 Å². The van der Waals surface area contributed by atoms with E-state index in [1.54, 1.807) is 0 Å². The molecule has 0 aliphatic carbocycles. The third kappa shape index (κ3) is 3.48. The van der Waals surface area contributed by atoms with Crippen molar-refractivity contribution in [2.75, 3.05) is 23.8 Å². The monoisotopic (exact) mass is 285 g/mol. The Balaban J connectivity index is 2.37. The number of aromatic nitrogens is 3. The van der Waals surface area contributed by atoms with Crippen LogP contribution in [-0.4, -0.2) is 28.5 Å². The maximum Gasteiger partial charge on any atom is 0.137 e. The fraction of sp³-hybridized carbons (Fsp3) is 0.438. The Kier molecular flexibility index (Phi) is 5.09. The number of hydrogen-bond donors (Lipinski definition) is 1. The Labute approximate surface area is 126 Å². The first-order valence-electron chi connectivity index (χ1n) is 7.38. The van der Waals surface area contributed by atoms with Gasteiger partial charge in [-0.1, -0.05) is 6.92 Å². The molecule has 21 heavy (non-hydrogen) atoms. The fourth-order valence-corrected chi connectivity index (χ4v) is 2.30. The van der Waals surface area contributed by atoms with E-state index < -0.39 is 0 Å². The van der Waals surface area contributed by atoms with Crippen molar-refractivity contribution in [2.24, 2.45) is 0 Å². The van der Waals surface area contributed by atoms with E-state index in [9.17, 15) is 0 Å². The maximum absolute atomic E-state index is 4.73. The van der Waals surface area contributed by atoms with Gasteiger partial charge >= 0.3 is 0 Å². The summed E-state index contributed by atoms with van der Waals surface area (Å²) in [6.45, 7) is 8.01. The maximum atomic E-state index is 4.73. The molecule has 0 bridgehead atoms. The molecular weight excluding hydrogens is 262 g/mol. The first-order valence-corrected chi connectivity index (χ1v) is 7.38. The van der Waals surface area contributed by atoms with Crippen molar-refractivity contribution in [2.45, 2.75) is 33.7 Å². The molecule has 2 aromatic heterocycles. The van der Waals surface area contributed by atoms with Gasteiger partial charge in [-0.2, -0.15) is 0 Å². The third-order valence-corrected chi connectivity index (χ3v) is 3.52. The minimum Gasteiger partial charge on any atom is -0.373 e. The molecule has 2 heterocycles. The van der Waals surface area contributed by atoms with Crippen molar-refractivity contribution in [1.82, 2.24) is 15.0 Å².